The smallest absolute Gasteiger partial charge is 0.0948 e. The SMILES string of the molecule is CCCn1cncc1CN1CCCCC1CNC. The Morgan fingerprint density at radius 1 is 1.44 bits per heavy atom. The fourth-order valence-corrected chi connectivity index (χ4v) is 2.87. The van der Waals surface area contributed by atoms with Crippen LogP contribution in [0.1, 0.15) is 38.3 Å². The molecule has 1 N–H and O–H groups in total. The third kappa shape index (κ3) is 3.33. The van der Waals surface area contributed by atoms with E-state index in [2.05, 4.69) is 26.7 Å². The van der Waals surface area contributed by atoms with Crippen molar-refractivity contribution in [2.24, 2.45) is 0 Å². The Kier molecular flexibility index (Phi) is 5.20. The van der Waals surface area contributed by atoms with E-state index in [9.17, 15) is 0 Å². The molecular formula is C14H26N4. The van der Waals surface area contributed by atoms with Gasteiger partial charge in [0.2, 0.25) is 0 Å². The van der Waals surface area contributed by atoms with Crippen LogP contribution in [0.3, 0.4) is 0 Å². The molecule has 0 aromatic carbocycles. The molecule has 1 aromatic rings. The summed E-state index contributed by atoms with van der Waals surface area (Å²) < 4.78 is 2.30. The third-order valence-corrected chi connectivity index (χ3v) is 3.82. The van der Waals surface area contributed by atoms with E-state index in [1.165, 1.54) is 37.9 Å². The lowest BCUT2D eigenvalue weighted by molar-refractivity contribution is 0.136. The van der Waals surface area contributed by atoms with Crippen LogP contribution in [-0.4, -0.2) is 40.6 Å². The Bertz CT molecular complexity index is 345. The summed E-state index contributed by atoms with van der Waals surface area (Å²) in [4.78, 5) is 6.91. The van der Waals surface area contributed by atoms with Crippen molar-refractivity contribution in [3.63, 3.8) is 0 Å². The Labute approximate surface area is 110 Å². The summed E-state index contributed by atoms with van der Waals surface area (Å²) in [5.74, 6) is 0. The Morgan fingerprint density at radius 3 is 3.11 bits per heavy atom. The number of nitrogens with one attached hydrogen (secondary N) is 1. The van der Waals surface area contributed by atoms with Gasteiger partial charge in [-0.15, -0.1) is 0 Å². The van der Waals surface area contributed by atoms with E-state index < -0.39 is 0 Å². The van der Waals surface area contributed by atoms with Crippen LogP contribution in [0.15, 0.2) is 12.5 Å². The lowest BCUT2D eigenvalue weighted by Crippen LogP contribution is -2.44. The summed E-state index contributed by atoms with van der Waals surface area (Å²) in [5, 5.41) is 3.32. The third-order valence-electron chi connectivity index (χ3n) is 3.82. The number of aromatic nitrogens is 2. The zero-order valence-electron chi connectivity index (χ0n) is 11.7. The summed E-state index contributed by atoms with van der Waals surface area (Å²) >= 11 is 0. The molecule has 2 rings (SSSR count). The molecule has 0 bridgehead atoms. The zero-order valence-corrected chi connectivity index (χ0v) is 11.7. The van der Waals surface area contributed by atoms with Gasteiger partial charge in [-0.05, 0) is 32.9 Å². The number of nitrogens with zero attached hydrogens (tertiary/aromatic N) is 3. The number of hydrogen-bond donors (Lipinski definition) is 1. The van der Waals surface area contributed by atoms with Crippen LogP contribution in [0.5, 0.6) is 0 Å². The standard InChI is InChI=1S/C14H26N4/c1-3-7-18-12-16-10-14(18)11-17-8-5-4-6-13(17)9-15-2/h10,12-13,15H,3-9,11H2,1-2H3. The van der Waals surface area contributed by atoms with E-state index >= 15 is 0 Å². The van der Waals surface area contributed by atoms with E-state index in [1.807, 2.05) is 19.6 Å². The molecule has 1 fully saturated rings. The molecule has 4 heteroatoms. The second-order valence-corrected chi connectivity index (χ2v) is 5.26. The van der Waals surface area contributed by atoms with E-state index in [-0.39, 0.29) is 0 Å². The molecule has 18 heavy (non-hydrogen) atoms. The maximum Gasteiger partial charge on any atom is 0.0948 e. The molecule has 1 aliphatic heterocycles. The van der Waals surface area contributed by atoms with Gasteiger partial charge in [0.15, 0.2) is 0 Å². The maximum absolute atomic E-state index is 4.30. The monoisotopic (exact) mass is 250 g/mol. The first-order valence-corrected chi connectivity index (χ1v) is 7.22. The van der Waals surface area contributed by atoms with Crippen molar-refractivity contribution in [2.45, 2.75) is 51.7 Å². The van der Waals surface area contributed by atoms with Crippen molar-refractivity contribution >= 4 is 0 Å². The Balaban J connectivity index is 1.99. The fourth-order valence-electron chi connectivity index (χ4n) is 2.87. The summed E-state index contributed by atoms with van der Waals surface area (Å²) in [6.07, 6.45) is 9.20. The van der Waals surface area contributed by atoms with Gasteiger partial charge in [-0.1, -0.05) is 13.3 Å². The van der Waals surface area contributed by atoms with Gasteiger partial charge in [-0.3, -0.25) is 4.90 Å². The number of rotatable bonds is 6. The van der Waals surface area contributed by atoms with Crippen LogP contribution in [0.4, 0.5) is 0 Å². The van der Waals surface area contributed by atoms with E-state index in [0.29, 0.717) is 6.04 Å². The summed E-state index contributed by atoms with van der Waals surface area (Å²) in [6, 6.07) is 0.689. The van der Waals surface area contributed by atoms with Crippen LogP contribution in [0.25, 0.3) is 0 Å². The zero-order chi connectivity index (χ0) is 12.8. The van der Waals surface area contributed by atoms with Crippen molar-refractivity contribution in [3.05, 3.63) is 18.2 Å². The quantitative estimate of drug-likeness (QED) is 0.836. The number of piperidine rings is 1. The second-order valence-electron chi connectivity index (χ2n) is 5.26. The van der Waals surface area contributed by atoms with E-state index in [0.717, 1.165) is 19.6 Å². The Hall–Kier alpha value is -0.870. The highest BCUT2D eigenvalue weighted by atomic mass is 15.2. The predicted octanol–water partition coefficient (Wildman–Crippen LogP) is 1.87. The van der Waals surface area contributed by atoms with E-state index in [1.54, 1.807) is 0 Å². The molecule has 1 atom stereocenters. The minimum atomic E-state index is 0.689. The summed E-state index contributed by atoms with van der Waals surface area (Å²) in [6.45, 7) is 6.67. The van der Waals surface area contributed by atoms with Crippen LogP contribution in [0.2, 0.25) is 0 Å². The number of aryl methyl sites for hydroxylation is 1. The van der Waals surface area contributed by atoms with Crippen LogP contribution >= 0.6 is 0 Å². The van der Waals surface area contributed by atoms with Crippen LogP contribution in [0, 0.1) is 0 Å². The van der Waals surface area contributed by atoms with Crippen molar-refractivity contribution in [2.75, 3.05) is 20.1 Å². The van der Waals surface area contributed by atoms with Gasteiger partial charge in [0.1, 0.15) is 0 Å². The first kappa shape index (κ1) is 13.6. The normalized spacial score (nSPS) is 21.3. The fraction of sp³-hybridized carbons (Fsp3) is 0.786. The molecule has 0 spiro atoms. The molecule has 0 radical (unpaired) electrons. The molecule has 0 aliphatic carbocycles. The van der Waals surface area contributed by atoms with Gasteiger partial charge >= 0.3 is 0 Å². The molecule has 0 amide bonds. The molecule has 1 unspecified atom stereocenters. The number of hydrogen-bond acceptors (Lipinski definition) is 3. The summed E-state index contributed by atoms with van der Waals surface area (Å²) in [7, 11) is 2.05. The predicted molar refractivity (Wildman–Crippen MR) is 74.5 cm³/mol. The topological polar surface area (TPSA) is 33.1 Å². The lowest BCUT2D eigenvalue weighted by Gasteiger charge is -2.35. The Morgan fingerprint density at radius 2 is 2.33 bits per heavy atom. The number of imidazole rings is 1. The molecule has 1 aromatic heterocycles. The van der Waals surface area contributed by atoms with Crippen molar-refractivity contribution in [3.8, 4) is 0 Å². The largest absolute Gasteiger partial charge is 0.333 e. The van der Waals surface area contributed by atoms with Gasteiger partial charge < -0.3 is 9.88 Å². The minimum absolute atomic E-state index is 0.689. The van der Waals surface area contributed by atoms with Gasteiger partial charge in [0.25, 0.3) is 0 Å². The highest BCUT2D eigenvalue weighted by Gasteiger charge is 2.22. The van der Waals surface area contributed by atoms with Crippen LogP contribution in [-0.2, 0) is 13.1 Å². The molecule has 4 nitrogen and oxygen atoms in total. The van der Waals surface area contributed by atoms with Gasteiger partial charge in [-0.25, -0.2) is 4.98 Å². The highest BCUT2D eigenvalue weighted by molar-refractivity contribution is 4.99. The minimum Gasteiger partial charge on any atom is -0.333 e. The first-order valence-electron chi connectivity index (χ1n) is 7.22. The van der Waals surface area contributed by atoms with Gasteiger partial charge in [0.05, 0.1) is 12.0 Å². The molecule has 1 saturated heterocycles. The molecular weight excluding hydrogens is 224 g/mol. The van der Waals surface area contributed by atoms with E-state index in [4.69, 9.17) is 0 Å². The first-order chi connectivity index (χ1) is 8.85. The van der Waals surface area contributed by atoms with Gasteiger partial charge in [-0.2, -0.15) is 0 Å². The summed E-state index contributed by atoms with van der Waals surface area (Å²) in [5.41, 5.74) is 1.36. The van der Waals surface area contributed by atoms with Crippen molar-refractivity contribution in [1.82, 2.24) is 19.8 Å². The highest BCUT2D eigenvalue weighted by Crippen LogP contribution is 2.19. The van der Waals surface area contributed by atoms with Crippen molar-refractivity contribution < 1.29 is 0 Å². The van der Waals surface area contributed by atoms with Crippen LogP contribution < -0.4 is 5.32 Å². The van der Waals surface area contributed by atoms with Gasteiger partial charge in [0, 0.05) is 31.9 Å². The van der Waals surface area contributed by atoms with Crippen molar-refractivity contribution in [1.29, 1.82) is 0 Å². The molecule has 102 valence electrons. The lowest BCUT2D eigenvalue weighted by atomic mass is 10.0. The maximum atomic E-state index is 4.30. The molecule has 1 aliphatic rings. The number of likely N-dealkylation sites (N-methyl/N-ethyl adjacent to an activating group) is 1. The second kappa shape index (κ2) is 6.90. The average molecular weight is 250 g/mol. The average Bonchev–Trinajstić information content (AvgIpc) is 2.80. The molecule has 0 saturated carbocycles. The number of likely N-dealkylation sites (tertiary alicyclic amines) is 1. The molecule has 2 heterocycles.